The van der Waals surface area contributed by atoms with Gasteiger partial charge in [-0.15, -0.1) is 0 Å². The molecule has 4 nitrogen and oxygen atoms in total. The number of aromatic nitrogens is 3. The first-order chi connectivity index (χ1) is 25.1. The lowest BCUT2D eigenvalue weighted by atomic mass is 9.66. The van der Waals surface area contributed by atoms with E-state index in [0.29, 0.717) is 11.6 Å². The average Bonchev–Trinajstić information content (AvgIpc) is 3.71. The molecule has 0 saturated carbocycles. The molecule has 0 amide bonds. The van der Waals surface area contributed by atoms with Gasteiger partial charge in [-0.25, -0.2) is 4.98 Å². The van der Waals surface area contributed by atoms with E-state index in [-0.39, 0.29) is 16.1 Å². The molecular weight excluding hydrogens is 670 g/mol. The molecule has 266 valence electrons. The van der Waals surface area contributed by atoms with Crippen molar-refractivity contribution in [1.82, 2.24) is 15.0 Å². The molecule has 1 spiro atoms. The van der Waals surface area contributed by atoms with E-state index in [1.54, 1.807) is 0 Å². The van der Waals surface area contributed by atoms with E-state index < -0.39 is 5.41 Å². The van der Waals surface area contributed by atoms with Crippen molar-refractivity contribution in [3.8, 4) is 33.9 Å². The summed E-state index contributed by atoms with van der Waals surface area (Å²) in [6.07, 6.45) is 4.94. The summed E-state index contributed by atoms with van der Waals surface area (Å²) in [4.78, 5) is 14.5. The summed E-state index contributed by atoms with van der Waals surface area (Å²) in [7, 11) is 0. The summed E-state index contributed by atoms with van der Waals surface area (Å²) in [5, 5.41) is 2.20. The largest absolute Gasteiger partial charge is 0.455 e. The van der Waals surface area contributed by atoms with E-state index in [1.807, 2.05) is 30.3 Å². The highest BCUT2D eigenvalue weighted by atomic mass is 35.5. The first kappa shape index (κ1) is 35.0. The summed E-state index contributed by atoms with van der Waals surface area (Å²) < 4.78 is 6.37. The predicted molar refractivity (Wildman–Crippen MR) is 221 cm³/mol. The molecule has 0 atom stereocenters. The first-order valence-electron chi connectivity index (χ1n) is 18.5. The maximum absolute atomic E-state index is 6.75. The lowest BCUT2D eigenvalue weighted by molar-refractivity contribution is 0.501. The van der Waals surface area contributed by atoms with Gasteiger partial charge in [-0.05, 0) is 113 Å². The summed E-state index contributed by atoms with van der Waals surface area (Å²) in [5.74, 6) is 0.997. The highest BCUT2D eigenvalue weighted by Gasteiger charge is 2.52. The molecule has 2 aromatic heterocycles. The number of benzene rings is 4. The molecule has 0 bridgehead atoms. The number of fused-ring (bicyclic) bond motifs is 8. The highest BCUT2D eigenvalue weighted by molar-refractivity contribution is 6.28. The SMILES string of the molecule is CC1=C(/C=C(\C)C(C)(C)C)C2(C(/C=C(\C)C(C)(C)C)=C1C)c1ccccc1-c1ccc(-c3nc(Cl)nc(-c4cccc5c4oc4ccccc45)n3)cc12. The molecule has 8 rings (SSSR count). The molecule has 6 aromatic rings. The Morgan fingerprint density at radius 2 is 1.19 bits per heavy atom. The van der Waals surface area contributed by atoms with Gasteiger partial charge in [0.05, 0.1) is 11.0 Å². The van der Waals surface area contributed by atoms with Crippen LogP contribution in [0, 0.1) is 10.8 Å². The van der Waals surface area contributed by atoms with Crippen LogP contribution >= 0.6 is 11.6 Å². The summed E-state index contributed by atoms with van der Waals surface area (Å²) >= 11 is 6.75. The van der Waals surface area contributed by atoms with Crippen LogP contribution in [0.15, 0.2) is 135 Å². The van der Waals surface area contributed by atoms with E-state index in [1.165, 1.54) is 55.7 Å². The van der Waals surface area contributed by atoms with Gasteiger partial charge in [0.25, 0.3) is 0 Å². The van der Waals surface area contributed by atoms with Crippen LogP contribution in [0.5, 0.6) is 0 Å². The molecular formula is C48H46ClN3O. The number of halogens is 1. The Bertz CT molecular complexity index is 2580. The standard InChI is InChI=1S/C48H46ClN3O/c1-27(46(5,6)7)24-38-29(3)30(4)39(25-28(2)47(8,9)10)48(38)37-20-13-11-16-32(37)33-23-22-31(26-40(33)48)43-50-44(52-45(49)51-43)36-19-15-18-35-34-17-12-14-21-41(34)53-42(35)36/h11-26H,1-10H3/b27-24+,28-25+. The Kier molecular flexibility index (Phi) is 8.09. The second-order valence-electron chi connectivity index (χ2n) is 16.8. The average molecular weight is 716 g/mol. The van der Waals surface area contributed by atoms with Crippen molar-refractivity contribution in [1.29, 1.82) is 0 Å². The zero-order chi connectivity index (χ0) is 37.6. The number of hydrogen-bond acceptors (Lipinski definition) is 4. The number of furan rings is 1. The van der Waals surface area contributed by atoms with Crippen molar-refractivity contribution in [3.63, 3.8) is 0 Å². The molecule has 5 heteroatoms. The highest BCUT2D eigenvalue weighted by Crippen LogP contribution is 2.63. The first-order valence-corrected chi connectivity index (χ1v) is 18.9. The van der Waals surface area contributed by atoms with Crippen molar-refractivity contribution >= 4 is 33.5 Å². The quantitative estimate of drug-likeness (QED) is 0.182. The van der Waals surface area contributed by atoms with Gasteiger partial charge < -0.3 is 4.42 Å². The van der Waals surface area contributed by atoms with Crippen LogP contribution in [0.2, 0.25) is 5.28 Å². The predicted octanol–water partition coefficient (Wildman–Crippen LogP) is 13.7. The summed E-state index contributed by atoms with van der Waals surface area (Å²) in [5.41, 5.74) is 15.7. The van der Waals surface area contributed by atoms with E-state index in [2.05, 4.69) is 141 Å². The minimum Gasteiger partial charge on any atom is -0.455 e. The van der Waals surface area contributed by atoms with Gasteiger partial charge in [0.1, 0.15) is 11.2 Å². The Hall–Kier alpha value is -5.06. The molecule has 0 radical (unpaired) electrons. The smallest absolute Gasteiger partial charge is 0.226 e. The maximum Gasteiger partial charge on any atom is 0.226 e. The minimum atomic E-state index is -0.533. The van der Waals surface area contributed by atoms with Crippen molar-refractivity contribution in [2.24, 2.45) is 10.8 Å². The third-order valence-electron chi connectivity index (χ3n) is 11.8. The Balaban J connectivity index is 1.39. The summed E-state index contributed by atoms with van der Waals surface area (Å²) in [6, 6.07) is 29.7. The molecule has 0 unspecified atom stereocenters. The topological polar surface area (TPSA) is 51.8 Å². The zero-order valence-corrected chi connectivity index (χ0v) is 33.1. The van der Waals surface area contributed by atoms with E-state index >= 15 is 0 Å². The monoisotopic (exact) mass is 715 g/mol. The third kappa shape index (κ3) is 5.45. The molecule has 2 aliphatic rings. The van der Waals surface area contributed by atoms with Crippen molar-refractivity contribution in [3.05, 3.63) is 147 Å². The maximum atomic E-state index is 6.75. The fraction of sp³-hybridized carbons (Fsp3) is 0.271. The fourth-order valence-electron chi connectivity index (χ4n) is 7.93. The lowest BCUT2D eigenvalue weighted by Gasteiger charge is -2.35. The number of allylic oxidation sites excluding steroid dienone is 8. The van der Waals surface area contributed by atoms with Gasteiger partial charge >= 0.3 is 0 Å². The second kappa shape index (κ2) is 12.2. The van der Waals surface area contributed by atoms with Crippen LogP contribution in [-0.2, 0) is 5.41 Å². The molecule has 2 aliphatic carbocycles. The van der Waals surface area contributed by atoms with Gasteiger partial charge in [0, 0.05) is 16.3 Å². The van der Waals surface area contributed by atoms with Crippen LogP contribution in [0.3, 0.4) is 0 Å². The normalized spacial score (nSPS) is 16.1. The number of nitrogens with zero attached hydrogens (tertiary/aromatic N) is 3. The third-order valence-corrected chi connectivity index (χ3v) is 12.0. The molecule has 2 heterocycles. The fourth-order valence-corrected chi connectivity index (χ4v) is 8.09. The lowest BCUT2D eigenvalue weighted by Crippen LogP contribution is -2.28. The molecule has 0 saturated heterocycles. The summed E-state index contributed by atoms with van der Waals surface area (Å²) in [6.45, 7) is 22.9. The Morgan fingerprint density at radius 3 is 1.87 bits per heavy atom. The second-order valence-corrected chi connectivity index (χ2v) is 17.2. The zero-order valence-electron chi connectivity index (χ0n) is 32.4. The van der Waals surface area contributed by atoms with Crippen LogP contribution in [0.1, 0.15) is 80.4 Å². The Labute approximate surface area is 318 Å². The molecule has 0 fully saturated rings. The molecule has 0 N–H and O–H groups in total. The van der Waals surface area contributed by atoms with E-state index in [4.69, 9.17) is 26.0 Å². The van der Waals surface area contributed by atoms with Crippen LogP contribution in [-0.4, -0.2) is 15.0 Å². The number of para-hydroxylation sites is 2. The van der Waals surface area contributed by atoms with Crippen molar-refractivity contribution in [2.75, 3.05) is 0 Å². The number of rotatable bonds is 4. The van der Waals surface area contributed by atoms with Crippen LogP contribution in [0.25, 0.3) is 55.8 Å². The van der Waals surface area contributed by atoms with Gasteiger partial charge in [-0.3, -0.25) is 0 Å². The van der Waals surface area contributed by atoms with Gasteiger partial charge in [-0.2, -0.15) is 9.97 Å². The van der Waals surface area contributed by atoms with E-state index in [0.717, 1.165) is 33.1 Å². The van der Waals surface area contributed by atoms with Gasteiger partial charge in [0.15, 0.2) is 11.6 Å². The van der Waals surface area contributed by atoms with Gasteiger partial charge in [0.2, 0.25) is 5.28 Å². The van der Waals surface area contributed by atoms with Gasteiger partial charge in [-0.1, -0.05) is 132 Å². The Morgan fingerprint density at radius 1 is 0.623 bits per heavy atom. The van der Waals surface area contributed by atoms with Crippen LogP contribution in [0.4, 0.5) is 0 Å². The van der Waals surface area contributed by atoms with E-state index in [9.17, 15) is 0 Å². The number of hydrogen-bond donors (Lipinski definition) is 0. The molecule has 4 aromatic carbocycles. The molecule has 53 heavy (non-hydrogen) atoms. The van der Waals surface area contributed by atoms with Crippen molar-refractivity contribution < 1.29 is 4.42 Å². The van der Waals surface area contributed by atoms with Crippen LogP contribution < -0.4 is 0 Å². The molecule has 0 aliphatic heterocycles. The minimum absolute atomic E-state index is 0.00577. The van der Waals surface area contributed by atoms with Crippen molar-refractivity contribution in [2.45, 2.75) is 74.7 Å².